The van der Waals surface area contributed by atoms with E-state index in [1.54, 1.807) is 0 Å². The smallest absolute Gasteiger partial charge is 0.190 e. The molecule has 156 valence electrons. The van der Waals surface area contributed by atoms with E-state index in [9.17, 15) is 0 Å². The van der Waals surface area contributed by atoms with Crippen LogP contribution in [0.3, 0.4) is 0 Å². The van der Waals surface area contributed by atoms with Crippen molar-refractivity contribution in [2.75, 3.05) is 6.61 Å². The summed E-state index contributed by atoms with van der Waals surface area (Å²) in [6, 6.07) is 4.06. The van der Waals surface area contributed by atoms with Crippen molar-refractivity contribution in [3.8, 4) is 0 Å². The van der Waals surface area contributed by atoms with E-state index in [0.717, 1.165) is 21.7 Å². The zero-order chi connectivity index (χ0) is 20.3. The highest BCUT2D eigenvalue weighted by Gasteiger charge is 2.58. The molecule has 0 unspecified atom stereocenters. The first-order valence-electron chi connectivity index (χ1n) is 9.75. The molecule has 3 fully saturated rings. The highest BCUT2D eigenvalue weighted by atomic mass is 35.5. The van der Waals surface area contributed by atoms with Crippen LogP contribution in [0.5, 0.6) is 0 Å². The largest absolute Gasteiger partial charge is 0.368 e. The van der Waals surface area contributed by atoms with Crippen LogP contribution in [-0.2, 0) is 35.0 Å². The molecule has 0 aliphatic carbocycles. The van der Waals surface area contributed by atoms with Gasteiger partial charge in [-0.1, -0.05) is 23.7 Å². The van der Waals surface area contributed by atoms with Gasteiger partial charge in [-0.15, -0.1) is 0 Å². The van der Waals surface area contributed by atoms with Gasteiger partial charge in [0, 0.05) is 5.02 Å². The average Bonchev–Trinajstić information content (AvgIpc) is 3.21. The second kappa shape index (κ2) is 7.20. The van der Waals surface area contributed by atoms with Crippen molar-refractivity contribution in [1.29, 1.82) is 0 Å². The van der Waals surface area contributed by atoms with Gasteiger partial charge >= 0.3 is 0 Å². The van der Waals surface area contributed by atoms with Crippen LogP contribution in [0.4, 0.5) is 0 Å². The highest BCUT2D eigenvalue weighted by molar-refractivity contribution is 6.32. The molecule has 3 heterocycles. The summed E-state index contributed by atoms with van der Waals surface area (Å²) < 4.78 is 36.2. The van der Waals surface area contributed by atoms with Crippen LogP contribution in [0.2, 0.25) is 5.02 Å². The summed E-state index contributed by atoms with van der Waals surface area (Å²) in [7, 11) is 0. The Morgan fingerprint density at radius 1 is 1.04 bits per heavy atom. The quantitative estimate of drug-likeness (QED) is 0.748. The molecule has 28 heavy (non-hydrogen) atoms. The molecule has 6 nitrogen and oxygen atoms in total. The monoisotopic (exact) mass is 412 g/mol. The standard InChI is InChI=1S/C21H29ClO6/c1-11-7-8-13(15(22)12(11)2)9-23-17-16(14-10-24-20(3,4)26-14)25-19-18(17)27-21(5,6)28-19/h7-8,14,16-19H,9-10H2,1-6H3/t14-,16-,17+,18-,19-/m1/s1. The normalized spacial score (nSPS) is 36.0. The molecular weight excluding hydrogens is 384 g/mol. The summed E-state index contributed by atoms with van der Waals surface area (Å²) in [5.41, 5.74) is 3.16. The maximum Gasteiger partial charge on any atom is 0.190 e. The molecule has 0 amide bonds. The fourth-order valence-corrected chi connectivity index (χ4v) is 4.27. The van der Waals surface area contributed by atoms with Crippen LogP contribution < -0.4 is 0 Å². The van der Waals surface area contributed by atoms with Crippen LogP contribution >= 0.6 is 11.6 Å². The van der Waals surface area contributed by atoms with Gasteiger partial charge in [0.15, 0.2) is 17.9 Å². The second-order valence-corrected chi connectivity index (χ2v) is 9.07. The third-order valence-electron chi connectivity index (χ3n) is 5.59. The van der Waals surface area contributed by atoms with E-state index >= 15 is 0 Å². The maximum atomic E-state index is 6.53. The van der Waals surface area contributed by atoms with Gasteiger partial charge in [-0.05, 0) is 58.2 Å². The molecule has 3 aliphatic heterocycles. The molecule has 4 rings (SSSR count). The zero-order valence-corrected chi connectivity index (χ0v) is 18.0. The molecule has 3 saturated heterocycles. The Kier molecular flexibility index (Phi) is 5.28. The summed E-state index contributed by atoms with van der Waals surface area (Å²) in [5.74, 6) is -1.36. The van der Waals surface area contributed by atoms with E-state index in [1.807, 2.05) is 47.6 Å². The summed E-state index contributed by atoms with van der Waals surface area (Å²) in [6.07, 6.45) is -1.79. The van der Waals surface area contributed by atoms with Gasteiger partial charge in [0.1, 0.15) is 24.4 Å². The van der Waals surface area contributed by atoms with Gasteiger partial charge in [0.05, 0.1) is 13.2 Å². The average molecular weight is 413 g/mol. The lowest BCUT2D eigenvalue weighted by molar-refractivity contribution is -0.236. The lowest BCUT2D eigenvalue weighted by Gasteiger charge is -2.29. The first kappa shape index (κ1) is 20.5. The van der Waals surface area contributed by atoms with Crippen LogP contribution in [0.25, 0.3) is 0 Å². The third kappa shape index (κ3) is 3.84. The number of halogens is 1. The number of aryl methyl sites for hydroxylation is 1. The number of ether oxygens (including phenoxy) is 6. The summed E-state index contributed by atoms with van der Waals surface area (Å²) in [5, 5.41) is 0.734. The minimum absolute atomic E-state index is 0.254. The minimum atomic E-state index is -0.716. The number of fused-ring (bicyclic) bond motifs is 1. The number of hydrogen-bond donors (Lipinski definition) is 0. The Morgan fingerprint density at radius 3 is 2.46 bits per heavy atom. The Hall–Kier alpha value is -0.730. The van der Waals surface area contributed by atoms with Gasteiger partial charge in [-0.3, -0.25) is 0 Å². The van der Waals surface area contributed by atoms with E-state index in [2.05, 4.69) is 6.07 Å². The van der Waals surface area contributed by atoms with Crippen LogP contribution in [0.15, 0.2) is 12.1 Å². The van der Waals surface area contributed by atoms with Crippen molar-refractivity contribution in [3.05, 3.63) is 33.8 Å². The molecular formula is C21H29ClO6. The fraction of sp³-hybridized carbons (Fsp3) is 0.714. The predicted octanol–water partition coefficient (Wildman–Crippen LogP) is 3.87. The fourth-order valence-electron chi connectivity index (χ4n) is 4.01. The number of benzene rings is 1. The Bertz CT molecular complexity index is 749. The van der Waals surface area contributed by atoms with Gasteiger partial charge in [-0.2, -0.15) is 0 Å². The minimum Gasteiger partial charge on any atom is -0.368 e. The van der Waals surface area contributed by atoms with E-state index < -0.39 is 17.9 Å². The number of rotatable bonds is 4. The van der Waals surface area contributed by atoms with Crippen LogP contribution in [0, 0.1) is 13.8 Å². The second-order valence-electron chi connectivity index (χ2n) is 8.69. The van der Waals surface area contributed by atoms with E-state index in [4.69, 9.17) is 40.0 Å². The molecule has 1 aromatic rings. The molecule has 0 bridgehead atoms. The predicted molar refractivity (Wildman–Crippen MR) is 103 cm³/mol. The molecule has 0 aromatic heterocycles. The van der Waals surface area contributed by atoms with Crippen molar-refractivity contribution >= 4 is 11.6 Å². The van der Waals surface area contributed by atoms with Crippen molar-refractivity contribution < 1.29 is 28.4 Å². The molecule has 0 saturated carbocycles. The molecule has 7 heteroatoms. The van der Waals surface area contributed by atoms with Crippen molar-refractivity contribution in [2.24, 2.45) is 0 Å². The molecule has 3 aliphatic rings. The Labute approximate surface area is 171 Å². The molecule has 5 atom stereocenters. The van der Waals surface area contributed by atoms with Crippen molar-refractivity contribution in [1.82, 2.24) is 0 Å². The first-order chi connectivity index (χ1) is 13.1. The topological polar surface area (TPSA) is 55.4 Å². The summed E-state index contributed by atoms with van der Waals surface area (Å²) >= 11 is 6.53. The van der Waals surface area contributed by atoms with Crippen molar-refractivity contribution in [3.63, 3.8) is 0 Å². The first-order valence-corrected chi connectivity index (χ1v) is 10.1. The van der Waals surface area contributed by atoms with Gasteiger partial charge in [0.2, 0.25) is 0 Å². The Morgan fingerprint density at radius 2 is 1.79 bits per heavy atom. The molecule has 0 radical (unpaired) electrons. The molecule has 1 aromatic carbocycles. The Balaban J connectivity index is 1.53. The van der Waals surface area contributed by atoms with E-state index in [-0.39, 0.29) is 24.4 Å². The van der Waals surface area contributed by atoms with E-state index in [0.29, 0.717) is 13.2 Å². The van der Waals surface area contributed by atoms with Gasteiger partial charge < -0.3 is 28.4 Å². The molecule has 0 N–H and O–H groups in total. The molecule has 0 spiro atoms. The number of hydrogen-bond acceptors (Lipinski definition) is 6. The van der Waals surface area contributed by atoms with Crippen LogP contribution in [-0.4, -0.2) is 48.9 Å². The van der Waals surface area contributed by atoms with E-state index in [1.165, 1.54) is 0 Å². The SMILES string of the molecule is Cc1ccc(CO[C@@H]2[C@H]3OC(C)(C)O[C@H]3O[C@@H]2[C@H]2COC(C)(C)O2)c(Cl)c1C. The lowest BCUT2D eigenvalue weighted by atomic mass is 10.0. The zero-order valence-electron chi connectivity index (χ0n) is 17.3. The lowest BCUT2D eigenvalue weighted by Crippen LogP contribution is -2.44. The van der Waals surface area contributed by atoms with Gasteiger partial charge in [-0.25, -0.2) is 0 Å². The summed E-state index contributed by atoms with van der Waals surface area (Å²) in [6.45, 7) is 12.4. The third-order valence-corrected chi connectivity index (χ3v) is 6.12. The summed E-state index contributed by atoms with van der Waals surface area (Å²) in [4.78, 5) is 0. The van der Waals surface area contributed by atoms with Crippen molar-refractivity contribution in [2.45, 2.75) is 90.4 Å². The highest BCUT2D eigenvalue weighted by Crippen LogP contribution is 2.42. The maximum absolute atomic E-state index is 6.53. The van der Waals surface area contributed by atoms with Gasteiger partial charge in [0.25, 0.3) is 0 Å². The van der Waals surface area contributed by atoms with Crippen LogP contribution in [0.1, 0.15) is 44.4 Å².